The fourth-order valence-corrected chi connectivity index (χ4v) is 2.88. The summed E-state index contributed by atoms with van der Waals surface area (Å²) in [6.07, 6.45) is 2.73. The summed E-state index contributed by atoms with van der Waals surface area (Å²) in [7, 11) is 0. The number of hydrogen-bond acceptors (Lipinski definition) is 0. The summed E-state index contributed by atoms with van der Waals surface area (Å²) in [5.74, 6) is -2.57. The highest BCUT2D eigenvalue weighted by molar-refractivity contribution is 5.61. The molecular formula is C22H24F4. The molecule has 2 aromatic carbocycles. The lowest BCUT2D eigenvalue weighted by Gasteiger charge is -2.08. The fourth-order valence-electron chi connectivity index (χ4n) is 2.88. The number of benzene rings is 2. The molecule has 0 amide bonds. The molecule has 0 aliphatic carbocycles. The number of halogens is 4. The number of rotatable bonds is 8. The van der Waals surface area contributed by atoms with Gasteiger partial charge in [0.25, 0.3) is 0 Å². The molecule has 140 valence electrons. The third kappa shape index (κ3) is 5.20. The SMILES string of the molecule is CCCC(F)=C(F)c1ccc(CCc2cc(F)c(CCC)c(F)c2)cc1. The molecule has 2 aromatic rings. The Morgan fingerprint density at radius 3 is 1.88 bits per heavy atom. The van der Waals surface area contributed by atoms with Crippen LogP contribution in [0.2, 0.25) is 0 Å². The van der Waals surface area contributed by atoms with Crippen LogP contribution in [0.3, 0.4) is 0 Å². The van der Waals surface area contributed by atoms with Gasteiger partial charge in [0.2, 0.25) is 0 Å². The summed E-state index contributed by atoms with van der Waals surface area (Å²) in [5.41, 5.74) is 1.83. The van der Waals surface area contributed by atoms with E-state index in [0.29, 0.717) is 37.7 Å². The third-order valence-electron chi connectivity index (χ3n) is 4.32. The Bertz CT molecular complexity index is 737. The summed E-state index contributed by atoms with van der Waals surface area (Å²) in [6.45, 7) is 3.67. The van der Waals surface area contributed by atoms with Crippen LogP contribution in [0.15, 0.2) is 42.2 Å². The van der Waals surface area contributed by atoms with Crippen LogP contribution in [0.5, 0.6) is 0 Å². The van der Waals surface area contributed by atoms with E-state index >= 15 is 0 Å². The van der Waals surface area contributed by atoms with Crippen LogP contribution < -0.4 is 0 Å². The monoisotopic (exact) mass is 364 g/mol. The molecule has 0 atom stereocenters. The standard InChI is InChI=1S/C22H24F4/c1-3-5-18-20(24)13-16(14-21(18)25)8-7-15-9-11-17(12-10-15)22(26)19(23)6-4-2/h9-14H,3-8H2,1-2H3. The van der Waals surface area contributed by atoms with Crippen molar-refractivity contribution in [1.82, 2.24) is 0 Å². The Hall–Kier alpha value is -2.10. The molecule has 0 aliphatic heterocycles. The van der Waals surface area contributed by atoms with Crippen molar-refractivity contribution < 1.29 is 17.6 Å². The van der Waals surface area contributed by atoms with Crippen LogP contribution in [0.4, 0.5) is 17.6 Å². The first-order valence-corrected chi connectivity index (χ1v) is 9.06. The van der Waals surface area contributed by atoms with E-state index < -0.39 is 23.3 Å². The zero-order valence-corrected chi connectivity index (χ0v) is 15.2. The lowest BCUT2D eigenvalue weighted by atomic mass is 10.00. The van der Waals surface area contributed by atoms with Crippen LogP contribution in [-0.4, -0.2) is 0 Å². The van der Waals surface area contributed by atoms with E-state index in [1.54, 1.807) is 19.1 Å². The van der Waals surface area contributed by atoms with Crippen LogP contribution in [-0.2, 0) is 19.3 Å². The number of allylic oxidation sites excluding steroid dienone is 1. The highest BCUT2D eigenvalue weighted by Crippen LogP contribution is 2.25. The molecular weight excluding hydrogens is 340 g/mol. The van der Waals surface area contributed by atoms with Crippen molar-refractivity contribution in [3.05, 3.63) is 76.1 Å². The molecule has 2 rings (SSSR count). The van der Waals surface area contributed by atoms with Gasteiger partial charge in [0, 0.05) is 17.5 Å². The zero-order chi connectivity index (χ0) is 19.1. The van der Waals surface area contributed by atoms with E-state index in [4.69, 9.17) is 0 Å². The molecule has 4 heteroatoms. The maximum absolute atomic E-state index is 14.0. The van der Waals surface area contributed by atoms with Gasteiger partial charge in [-0.15, -0.1) is 0 Å². The Morgan fingerprint density at radius 1 is 0.769 bits per heavy atom. The Kier molecular flexibility index (Phi) is 7.43. The van der Waals surface area contributed by atoms with E-state index in [9.17, 15) is 17.6 Å². The molecule has 0 saturated carbocycles. The molecule has 0 nitrogen and oxygen atoms in total. The van der Waals surface area contributed by atoms with Crippen molar-refractivity contribution in [2.24, 2.45) is 0 Å². The average molecular weight is 364 g/mol. The molecule has 0 heterocycles. The summed E-state index contributed by atoms with van der Waals surface area (Å²) in [5, 5.41) is 0. The van der Waals surface area contributed by atoms with Crippen molar-refractivity contribution in [3.63, 3.8) is 0 Å². The van der Waals surface area contributed by atoms with E-state index in [1.165, 1.54) is 24.3 Å². The number of hydrogen-bond donors (Lipinski definition) is 0. The zero-order valence-electron chi connectivity index (χ0n) is 15.2. The maximum atomic E-state index is 14.0. The normalized spacial score (nSPS) is 12.2. The fraction of sp³-hybridized carbons (Fsp3) is 0.364. The van der Waals surface area contributed by atoms with Crippen molar-refractivity contribution in [3.8, 4) is 0 Å². The van der Waals surface area contributed by atoms with Crippen molar-refractivity contribution in [1.29, 1.82) is 0 Å². The minimum Gasteiger partial charge on any atom is -0.209 e. The minimum absolute atomic E-state index is 0.0821. The second-order valence-corrected chi connectivity index (χ2v) is 6.45. The van der Waals surface area contributed by atoms with Gasteiger partial charge in [0.1, 0.15) is 17.5 Å². The maximum Gasteiger partial charge on any atom is 0.161 e. The van der Waals surface area contributed by atoms with E-state index in [2.05, 4.69) is 0 Å². The molecule has 26 heavy (non-hydrogen) atoms. The summed E-state index contributed by atoms with van der Waals surface area (Å²) in [4.78, 5) is 0. The highest BCUT2D eigenvalue weighted by atomic mass is 19.2. The topological polar surface area (TPSA) is 0 Å². The van der Waals surface area contributed by atoms with E-state index in [-0.39, 0.29) is 17.5 Å². The second-order valence-electron chi connectivity index (χ2n) is 6.45. The van der Waals surface area contributed by atoms with Crippen molar-refractivity contribution in [2.45, 2.75) is 52.4 Å². The van der Waals surface area contributed by atoms with E-state index in [0.717, 1.165) is 5.56 Å². The molecule has 0 fully saturated rings. The predicted molar refractivity (Wildman–Crippen MR) is 98.2 cm³/mol. The Morgan fingerprint density at radius 2 is 1.35 bits per heavy atom. The van der Waals surface area contributed by atoms with Gasteiger partial charge >= 0.3 is 0 Å². The molecule has 0 N–H and O–H groups in total. The number of aryl methyl sites for hydroxylation is 2. The average Bonchev–Trinajstić information content (AvgIpc) is 2.63. The predicted octanol–water partition coefficient (Wildman–Crippen LogP) is 7.11. The van der Waals surface area contributed by atoms with Gasteiger partial charge in [-0.1, -0.05) is 44.5 Å². The molecule has 0 aliphatic rings. The molecule has 0 saturated heterocycles. The molecule has 0 radical (unpaired) electrons. The molecule has 0 aromatic heterocycles. The largest absolute Gasteiger partial charge is 0.209 e. The summed E-state index contributed by atoms with van der Waals surface area (Å²) >= 11 is 0. The minimum atomic E-state index is -0.825. The Balaban J connectivity index is 2.05. The summed E-state index contributed by atoms with van der Waals surface area (Å²) < 4.78 is 55.4. The third-order valence-corrected chi connectivity index (χ3v) is 4.32. The highest BCUT2D eigenvalue weighted by Gasteiger charge is 2.11. The Labute approximate surface area is 152 Å². The summed E-state index contributed by atoms with van der Waals surface area (Å²) in [6, 6.07) is 9.26. The molecule has 0 spiro atoms. The van der Waals surface area contributed by atoms with Crippen LogP contribution in [0.25, 0.3) is 5.83 Å². The quantitative estimate of drug-likeness (QED) is 0.438. The van der Waals surface area contributed by atoms with Gasteiger partial charge in [-0.2, -0.15) is 0 Å². The van der Waals surface area contributed by atoms with Crippen LogP contribution in [0.1, 0.15) is 55.4 Å². The smallest absolute Gasteiger partial charge is 0.161 e. The second kappa shape index (κ2) is 9.56. The van der Waals surface area contributed by atoms with Gasteiger partial charge in [-0.25, -0.2) is 17.6 Å². The lowest BCUT2D eigenvalue weighted by molar-refractivity contribution is 0.549. The van der Waals surface area contributed by atoms with Gasteiger partial charge < -0.3 is 0 Å². The van der Waals surface area contributed by atoms with Crippen molar-refractivity contribution in [2.75, 3.05) is 0 Å². The van der Waals surface area contributed by atoms with E-state index in [1.807, 2.05) is 6.92 Å². The molecule has 0 bridgehead atoms. The molecule has 0 unspecified atom stereocenters. The van der Waals surface area contributed by atoms with Crippen LogP contribution >= 0.6 is 0 Å². The van der Waals surface area contributed by atoms with Gasteiger partial charge in [-0.05, 0) is 48.9 Å². The van der Waals surface area contributed by atoms with Gasteiger partial charge in [0.05, 0.1) is 0 Å². The van der Waals surface area contributed by atoms with Crippen molar-refractivity contribution >= 4 is 5.83 Å². The van der Waals surface area contributed by atoms with Gasteiger partial charge in [0.15, 0.2) is 5.83 Å². The first-order chi connectivity index (χ1) is 12.5. The van der Waals surface area contributed by atoms with Crippen LogP contribution in [0, 0.1) is 11.6 Å². The van der Waals surface area contributed by atoms with Gasteiger partial charge in [-0.3, -0.25) is 0 Å². The first kappa shape index (κ1) is 20.2. The lowest BCUT2D eigenvalue weighted by Crippen LogP contribution is -2.00. The first-order valence-electron chi connectivity index (χ1n) is 9.06.